The summed E-state index contributed by atoms with van der Waals surface area (Å²) < 4.78 is 0. The van der Waals surface area contributed by atoms with Crippen LogP contribution in [0.4, 0.5) is 17.1 Å². The number of fused-ring (bicyclic) bond motifs is 14. The van der Waals surface area contributed by atoms with Crippen LogP contribution in [0.1, 0.15) is 102 Å². The highest BCUT2D eigenvalue weighted by molar-refractivity contribution is 5.97. The highest BCUT2D eigenvalue weighted by atomic mass is 15.2. The number of anilines is 3. The smallest absolute Gasteiger partial charge is 0.0726 e. The third-order valence-electron chi connectivity index (χ3n) is 16.3. The molecular formula is C64H52N2. The maximum absolute atomic E-state index is 2.62. The lowest BCUT2D eigenvalue weighted by atomic mass is 9.70. The molecule has 0 radical (unpaired) electrons. The summed E-state index contributed by atoms with van der Waals surface area (Å²) in [5.74, 6) is 0. The Morgan fingerprint density at radius 2 is 1.08 bits per heavy atom. The second-order valence-corrected chi connectivity index (χ2v) is 20.1. The molecule has 2 heteroatoms. The van der Waals surface area contributed by atoms with Crippen LogP contribution in [-0.2, 0) is 17.3 Å². The van der Waals surface area contributed by atoms with E-state index in [-0.39, 0.29) is 5.41 Å². The topological polar surface area (TPSA) is 6.48 Å². The molecule has 14 rings (SSSR count). The Hall–Kier alpha value is -7.16. The number of para-hydroxylation sites is 1. The van der Waals surface area contributed by atoms with Gasteiger partial charge in [-0.15, -0.1) is 0 Å². The van der Waals surface area contributed by atoms with Crippen LogP contribution in [0.3, 0.4) is 0 Å². The number of hydrogen-bond donors (Lipinski definition) is 0. The molecule has 7 aromatic carbocycles. The van der Waals surface area contributed by atoms with Gasteiger partial charge in [0.15, 0.2) is 0 Å². The quantitative estimate of drug-likeness (QED) is 0.163. The van der Waals surface area contributed by atoms with E-state index in [2.05, 4.69) is 206 Å². The van der Waals surface area contributed by atoms with E-state index in [1.165, 1.54) is 136 Å². The van der Waals surface area contributed by atoms with Crippen molar-refractivity contribution in [3.63, 3.8) is 0 Å². The molecule has 7 aliphatic rings. The molecule has 0 unspecified atom stereocenters. The van der Waals surface area contributed by atoms with Crippen molar-refractivity contribution in [2.24, 2.45) is 0 Å². The standard InChI is InChI=1S/C64H52N2/c1-63(2)56-36-41(27-31-50(56)51-33-29-46(39-57(51)63)65-35-13-17-43-14-3-10-22-60(43)65)25-26-42-28-32-52-53-34-30-47(66-61-23-11-4-15-44(61)38-45-16-5-12-24-62(45)66)40-59(53)64(58(52)37-42)54-20-8-6-18-48(54)49-19-7-9-21-55(49)64/h3-4,6-9,11-12,14-15,18-21,23-34,36-37,39-40H,5,10,13,16-17,22,35,38H2,1-2H3/b26-25+. The molecule has 2 heterocycles. The van der Waals surface area contributed by atoms with Gasteiger partial charge in [-0.2, -0.15) is 0 Å². The highest BCUT2D eigenvalue weighted by Crippen LogP contribution is 2.64. The summed E-state index contributed by atoms with van der Waals surface area (Å²) in [7, 11) is 0. The van der Waals surface area contributed by atoms with Crippen LogP contribution >= 0.6 is 0 Å². The molecule has 0 saturated carbocycles. The summed E-state index contributed by atoms with van der Waals surface area (Å²) in [6, 6.07) is 56.4. The molecule has 0 bridgehead atoms. The highest BCUT2D eigenvalue weighted by Gasteiger charge is 2.52. The maximum Gasteiger partial charge on any atom is 0.0726 e. The van der Waals surface area contributed by atoms with Crippen LogP contribution < -0.4 is 9.80 Å². The molecule has 5 aliphatic carbocycles. The van der Waals surface area contributed by atoms with Crippen LogP contribution in [0.2, 0.25) is 0 Å². The number of rotatable bonds is 4. The summed E-state index contributed by atoms with van der Waals surface area (Å²) in [4.78, 5) is 5.17. The van der Waals surface area contributed by atoms with E-state index in [9.17, 15) is 0 Å². The van der Waals surface area contributed by atoms with E-state index in [1.54, 1.807) is 0 Å². The van der Waals surface area contributed by atoms with Crippen molar-refractivity contribution in [1.29, 1.82) is 0 Å². The summed E-state index contributed by atoms with van der Waals surface area (Å²) in [6.45, 7) is 5.95. The lowest BCUT2D eigenvalue weighted by Gasteiger charge is -2.37. The Morgan fingerprint density at radius 1 is 0.500 bits per heavy atom. The van der Waals surface area contributed by atoms with Gasteiger partial charge in [0.1, 0.15) is 0 Å². The maximum atomic E-state index is 2.62. The number of nitrogens with zero attached hydrogens (tertiary/aromatic N) is 2. The molecule has 7 aromatic rings. The predicted molar refractivity (Wildman–Crippen MR) is 275 cm³/mol. The molecule has 1 spiro atoms. The second-order valence-electron chi connectivity index (χ2n) is 20.1. The van der Waals surface area contributed by atoms with Gasteiger partial charge in [-0.05, 0) is 182 Å². The van der Waals surface area contributed by atoms with Crippen molar-refractivity contribution in [3.05, 3.63) is 243 Å². The average molecular weight is 849 g/mol. The molecule has 2 nitrogen and oxygen atoms in total. The lowest BCUT2D eigenvalue weighted by molar-refractivity contribution is 0.657. The third kappa shape index (κ3) is 5.30. The molecule has 2 aliphatic heterocycles. The fraction of sp³-hybridized carbons (Fsp3) is 0.188. The predicted octanol–water partition coefficient (Wildman–Crippen LogP) is 16.0. The van der Waals surface area contributed by atoms with Crippen molar-refractivity contribution in [2.75, 3.05) is 16.3 Å². The zero-order valence-corrected chi connectivity index (χ0v) is 37.9. The fourth-order valence-electron chi connectivity index (χ4n) is 13.3. The minimum absolute atomic E-state index is 0.0977. The summed E-state index contributed by atoms with van der Waals surface area (Å²) in [6.07, 6.45) is 22.1. The van der Waals surface area contributed by atoms with Gasteiger partial charge in [-0.1, -0.05) is 153 Å². The molecule has 318 valence electrons. The Balaban J connectivity index is 0.863. The molecule has 0 atom stereocenters. The van der Waals surface area contributed by atoms with Gasteiger partial charge in [0.2, 0.25) is 0 Å². The molecule has 0 N–H and O–H groups in total. The van der Waals surface area contributed by atoms with Crippen molar-refractivity contribution in [1.82, 2.24) is 0 Å². The van der Waals surface area contributed by atoms with E-state index >= 15 is 0 Å². The van der Waals surface area contributed by atoms with Gasteiger partial charge in [0.05, 0.1) is 5.41 Å². The van der Waals surface area contributed by atoms with Crippen LogP contribution in [0, 0.1) is 0 Å². The zero-order chi connectivity index (χ0) is 43.7. The first kappa shape index (κ1) is 38.1. The minimum Gasteiger partial charge on any atom is -0.345 e. The number of benzene rings is 7. The van der Waals surface area contributed by atoms with Crippen LogP contribution in [-0.4, -0.2) is 6.54 Å². The van der Waals surface area contributed by atoms with Gasteiger partial charge in [-0.25, -0.2) is 0 Å². The lowest BCUT2D eigenvalue weighted by Crippen LogP contribution is -2.29. The SMILES string of the molecule is CC1(C)c2cc(/C=C/c3ccc4c(c3)C3(c5ccccc5-c5ccccc53)c3cc(N5C6=C(CCC=C6)Cc6ccccc65)ccc3-4)ccc2-c2ccc(N3CCCC4=C3CCC=C4)cc21. The summed E-state index contributed by atoms with van der Waals surface area (Å²) in [5, 5.41) is 0. The molecule has 0 fully saturated rings. The van der Waals surface area contributed by atoms with Crippen LogP contribution in [0.15, 0.2) is 192 Å². The van der Waals surface area contributed by atoms with Crippen molar-refractivity contribution < 1.29 is 0 Å². The fourth-order valence-corrected chi connectivity index (χ4v) is 13.3. The molecular weight excluding hydrogens is 797 g/mol. The Bertz CT molecular complexity index is 3370. The van der Waals surface area contributed by atoms with E-state index in [1.807, 2.05) is 0 Å². The van der Waals surface area contributed by atoms with Gasteiger partial charge < -0.3 is 9.80 Å². The zero-order valence-electron chi connectivity index (χ0n) is 37.9. The second kappa shape index (κ2) is 14.2. The number of hydrogen-bond acceptors (Lipinski definition) is 2. The first-order chi connectivity index (χ1) is 32.5. The Morgan fingerprint density at radius 3 is 1.85 bits per heavy atom. The third-order valence-corrected chi connectivity index (χ3v) is 16.3. The van der Waals surface area contributed by atoms with Gasteiger partial charge >= 0.3 is 0 Å². The van der Waals surface area contributed by atoms with E-state index < -0.39 is 5.41 Å². The van der Waals surface area contributed by atoms with Crippen LogP contribution in [0.25, 0.3) is 45.5 Å². The molecule has 0 aromatic heterocycles. The van der Waals surface area contributed by atoms with Gasteiger partial charge in [0.25, 0.3) is 0 Å². The monoisotopic (exact) mass is 848 g/mol. The largest absolute Gasteiger partial charge is 0.345 e. The van der Waals surface area contributed by atoms with Crippen molar-refractivity contribution in [2.45, 2.75) is 69.6 Å². The van der Waals surface area contributed by atoms with E-state index in [0.717, 1.165) is 38.6 Å². The molecule has 0 amide bonds. The molecule has 66 heavy (non-hydrogen) atoms. The first-order valence-corrected chi connectivity index (χ1v) is 24.4. The summed E-state index contributed by atoms with van der Waals surface area (Å²) in [5.41, 5.74) is 29.5. The van der Waals surface area contributed by atoms with Crippen molar-refractivity contribution in [3.8, 4) is 33.4 Å². The summed E-state index contributed by atoms with van der Waals surface area (Å²) >= 11 is 0. The van der Waals surface area contributed by atoms with Gasteiger partial charge in [-0.3, -0.25) is 0 Å². The Kier molecular flexibility index (Phi) is 8.19. The van der Waals surface area contributed by atoms with E-state index in [0.29, 0.717) is 0 Å². The van der Waals surface area contributed by atoms with Crippen LogP contribution in [0.5, 0.6) is 0 Å². The first-order valence-electron chi connectivity index (χ1n) is 24.4. The van der Waals surface area contributed by atoms with E-state index in [4.69, 9.17) is 0 Å². The normalized spacial score (nSPS) is 18.5. The Labute approximate surface area is 389 Å². The number of allylic oxidation sites excluding steroid dienone is 7. The van der Waals surface area contributed by atoms with Crippen molar-refractivity contribution >= 4 is 29.2 Å². The van der Waals surface area contributed by atoms with Gasteiger partial charge in [0, 0.05) is 40.4 Å². The molecule has 0 saturated heterocycles. The average Bonchev–Trinajstić information content (AvgIpc) is 3.92. The minimum atomic E-state index is -0.450.